The SMILES string of the molecule is C=C1CC(=O)c2ccc(C(C)(C)C)c3cccc1c23. The van der Waals surface area contributed by atoms with Crippen molar-refractivity contribution in [3.8, 4) is 0 Å². The fraction of sp³-hybridized carbons (Fsp3) is 0.278. The molecule has 1 heteroatoms. The van der Waals surface area contributed by atoms with Gasteiger partial charge in [-0.1, -0.05) is 57.7 Å². The Morgan fingerprint density at radius 2 is 1.79 bits per heavy atom. The number of benzene rings is 2. The maximum atomic E-state index is 12.2. The van der Waals surface area contributed by atoms with E-state index in [1.165, 1.54) is 10.9 Å². The van der Waals surface area contributed by atoms with E-state index in [1.54, 1.807) is 0 Å². The zero-order valence-electron chi connectivity index (χ0n) is 11.7. The van der Waals surface area contributed by atoms with Gasteiger partial charge in [-0.05, 0) is 27.5 Å². The van der Waals surface area contributed by atoms with Gasteiger partial charge in [0.15, 0.2) is 5.78 Å². The van der Waals surface area contributed by atoms with Crippen molar-refractivity contribution in [3.63, 3.8) is 0 Å². The Balaban J connectivity index is 2.49. The maximum Gasteiger partial charge on any atom is 0.167 e. The highest BCUT2D eigenvalue weighted by Crippen LogP contribution is 2.39. The standard InChI is InChI=1S/C18H18O/c1-11-10-16(19)14-8-9-15(18(2,3)4)13-7-5-6-12(11)17(13)14/h5-9H,1,10H2,2-4H3. The van der Waals surface area contributed by atoms with Crippen LogP contribution in [0.3, 0.4) is 0 Å². The van der Waals surface area contributed by atoms with Gasteiger partial charge in [-0.15, -0.1) is 0 Å². The van der Waals surface area contributed by atoms with E-state index in [1.807, 2.05) is 6.07 Å². The number of allylic oxidation sites excluding steroid dienone is 1. The Morgan fingerprint density at radius 3 is 2.47 bits per heavy atom. The number of rotatable bonds is 0. The molecule has 0 unspecified atom stereocenters. The second-order valence-electron chi connectivity index (χ2n) is 6.34. The third-order valence-corrected chi connectivity index (χ3v) is 3.90. The Labute approximate surface area is 113 Å². The van der Waals surface area contributed by atoms with Crippen molar-refractivity contribution in [2.45, 2.75) is 32.6 Å². The first-order chi connectivity index (χ1) is 8.89. The summed E-state index contributed by atoms with van der Waals surface area (Å²) in [6, 6.07) is 10.4. The summed E-state index contributed by atoms with van der Waals surface area (Å²) in [4.78, 5) is 12.2. The van der Waals surface area contributed by atoms with Gasteiger partial charge >= 0.3 is 0 Å². The molecule has 0 spiro atoms. The largest absolute Gasteiger partial charge is 0.294 e. The van der Waals surface area contributed by atoms with Crippen molar-refractivity contribution in [1.82, 2.24) is 0 Å². The Kier molecular flexibility index (Phi) is 2.43. The minimum Gasteiger partial charge on any atom is -0.294 e. The van der Waals surface area contributed by atoms with Crippen molar-refractivity contribution in [3.05, 3.63) is 53.6 Å². The number of carbonyl (C=O) groups is 1. The zero-order chi connectivity index (χ0) is 13.8. The van der Waals surface area contributed by atoms with Crippen LogP contribution in [-0.4, -0.2) is 5.78 Å². The fourth-order valence-electron chi connectivity index (χ4n) is 2.97. The average molecular weight is 250 g/mol. The van der Waals surface area contributed by atoms with Crippen molar-refractivity contribution >= 4 is 22.1 Å². The number of hydrogen-bond acceptors (Lipinski definition) is 1. The van der Waals surface area contributed by atoms with Gasteiger partial charge in [0.25, 0.3) is 0 Å². The minimum absolute atomic E-state index is 0.0684. The molecule has 0 atom stereocenters. The van der Waals surface area contributed by atoms with E-state index in [-0.39, 0.29) is 11.2 Å². The molecule has 0 aromatic heterocycles. The van der Waals surface area contributed by atoms with E-state index < -0.39 is 0 Å². The Morgan fingerprint density at radius 1 is 1.05 bits per heavy atom. The second kappa shape index (κ2) is 3.80. The molecule has 0 fully saturated rings. The molecule has 0 amide bonds. The van der Waals surface area contributed by atoms with Gasteiger partial charge < -0.3 is 0 Å². The van der Waals surface area contributed by atoms with E-state index >= 15 is 0 Å². The maximum absolute atomic E-state index is 12.2. The first kappa shape index (κ1) is 12.2. The molecule has 0 N–H and O–H groups in total. The van der Waals surface area contributed by atoms with Gasteiger partial charge in [-0.25, -0.2) is 0 Å². The molecular formula is C18H18O. The number of carbonyl (C=O) groups excluding carboxylic acids is 1. The zero-order valence-corrected chi connectivity index (χ0v) is 11.7. The predicted octanol–water partition coefficient (Wildman–Crippen LogP) is 4.74. The number of Topliss-reactive ketones (excluding diaryl/α,β-unsaturated/α-hetero) is 1. The summed E-state index contributed by atoms with van der Waals surface area (Å²) in [5.74, 6) is 0.189. The molecule has 0 heterocycles. The van der Waals surface area contributed by atoms with E-state index in [0.717, 1.165) is 22.1 Å². The summed E-state index contributed by atoms with van der Waals surface area (Å²) >= 11 is 0. The fourth-order valence-corrected chi connectivity index (χ4v) is 2.97. The van der Waals surface area contributed by atoms with Crippen LogP contribution in [-0.2, 0) is 5.41 Å². The topological polar surface area (TPSA) is 17.1 Å². The summed E-state index contributed by atoms with van der Waals surface area (Å²) in [5.41, 5.74) is 4.29. The molecular weight excluding hydrogens is 232 g/mol. The summed E-state index contributed by atoms with van der Waals surface area (Å²) < 4.78 is 0. The van der Waals surface area contributed by atoms with Gasteiger partial charge in [0.2, 0.25) is 0 Å². The Hall–Kier alpha value is -1.89. The molecule has 0 saturated carbocycles. The molecule has 19 heavy (non-hydrogen) atoms. The third kappa shape index (κ3) is 1.73. The summed E-state index contributed by atoms with van der Waals surface area (Å²) in [5, 5.41) is 2.29. The van der Waals surface area contributed by atoms with Crippen molar-refractivity contribution in [2.24, 2.45) is 0 Å². The van der Waals surface area contributed by atoms with E-state index in [4.69, 9.17) is 0 Å². The lowest BCUT2D eigenvalue weighted by Crippen LogP contribution is -2.15. The minimum atomic E-state index is 0.0684. The lowest BCUT2D eigenvalue weighted by atomic mass is 9.78. The second-order valence-corrected chi connectivity index (χ2v) is 6.34. The van der Waals surface area contributed by atoms with Gasteiger partial charge in [-0.3, -0.25) is 4.79 Å². The highest BCUT2D eigenvalue weighted by Gasteiger charge is 2.25. The van der Waals surface area contributed by atoms with Crippen molar-refractivity contribution < 1.29 is 4.79 Å². The van der Waals surface area contributed by atoms with Crippen molar-refractivity contribution in [2.75, 3.05) is 0 Å². The first-order valence-corrected chi connectivity index (χ1v) is 6.67. The van der Waals surface area contributed by atoms with Gasteiger partial charge in [-0.2, -0.15) is 0 Å². The van der Waals surface area contributed by atoms with Crippen LogP contribution in [0.5, 0.6) is 0 Å². The van der Waals surface area contributed by atoms with E-state index in [0.29, 0.717) is 6.42 Å². The van der Waals surface area contributed by atoms with Crippen LogP contribution in [0.4, 0.5) is 0 Å². The molecule has 2 aromatic carbocycles. The molecule has 96 valence electrons. The van der Waals surface area contributed by atoms with Gasteiger partial charge in [0.1, 0.15) is 0 Å². The van der Waals surface area contributed by atoms with Crippen LogP contribution < -0.4 is 0 Å². The van der Waals surface area contributed by atoms with Crippen LogP contribution >= 0.6 is 0 Å². The molecule has 2 aromatic rings. The summed E-state index contributed by atoms with van der Waals surface area (Å²) in [7, 11) is 0. The smallest absolute Gasteiger partial charge is 0.167 e. The highest BCUT2D eigenvalue weighted by molar-refractivity contribution is 6.18. The van der Waals surface area contributed by atoms with Gasteiger partial charge in [0, 0.05) is 17.4 Å². The average Bonchev–Trinajstić information content (AvgIpc) is 2.33. The van der Waals surface area contributed by atoms with Crippen LogP contribution in [0, 0.1) is 0 Å². The van der Waals surface area contributed by atoms with Crippen LogP contribution in [0.2, 0.25) is 0 Å². The van der Waals surface area contributed by atoms with Crippen LogP contribution in [0.15, 0.2) is 36.9 Å². The molecule has 1 aliphatic carbocycles. The Bertz CT molecular complexity index is 694. The van der Waals surface area contributed by atoms with E-state index in [9.17, 15) is 4.79 Å². The van der Waals surface area contributed by atoms with Gasteiger partial charge in [0.05, 0.1) is 0 Å². The summed E-state index contributed by atoms with van der Waals surface area (Å²) in [6.07, 6.45) is 0.445. The lowest BCUT2D eigenvalue weighted by molar-refractivity contribution is 0.0998. The molecule has 0 radical (unpaired) electrons. The predicted molar refractivity (Wildman–Crippen MR) is 80.6 cm³/mol. The summed E-state index contributed by atoms with van der Waals surface area (Å²) in [6.45, 7) is 10.7. The molecule has 1 aliphatic rings. The van der Waals surface area contributed by atoms with Crippen LogP contribution in [0.1, 0.15) is 48.7 Å². The number of hydrogen-bond donors (Lipinski definition) is 0. The quantitative estimate of drug-likeness (QED) is 0.660. The molecule has 1 nitrogen and oxygen atoms in total. The molecule has 0 bridgehead atoms. The number of ketones is 1. The monoisotopic (exact) mass is 250 g/mol. The third-order valence-electron chi connectivity index (χ3n) is 3.90. The highest BCUT2D eigenvalue weighted by atomic mass is 16.1. The van der Waals surface area contributed by atoms with Crippen molar-refractivity contribution in [1.29, 1.82) is 0 Å². The van der Waals surface area contributed by atoms with E-state index in [2.05, 4.69) is 51.6 Å². The molecule has 3 rings (SSSR count). The first-order valence-electron chi connectivity index (χ1n) is 6.67. The normalized spacial score (nSPS) is 15.1. The molecule has 0 saturated heterocycles. The van der Waals surface area contributed by atoms with Crippen LogP contribution in [0.25, 0.3) is 16.3 Å². The lowest BCUT2D eigenvalue weighted by Gasteiger charge is -2.25. The molecule has 0 aliphatic heterocycles.